The van der Waals surface area contributed by atoms with E-state index in [0.717, 1.165) is 0 Å². The molecule has 3 nitrogen and oxygen atoms in total. The number of rotatable bonds is 6. The van der Waals surface area contributed by atoms with Crippen molar-refractivity contribution in [3.05, 3.63) is 36.5 Å². The molecule has 0 bridgehead atoms. The maximum Gasteiger partial charge on any atom is 0.253 e. The van der Waals surface area contributed by atoms with E-state index < -0.39 is 0 Å². The van der Waals surface area contributed by atoms with Crippen molar-refractivity contribution >= 4 is 5.91 Å². The SMILES string of the molecule is C=C/C=C\C(=C/C)C(=O)N(CC)CCO. The molecule has 84 valence electrons. The molecule has 0 rings (SSSR count). The van der Waals surface area contributed by atoms with Crippen molar-refractivity contribution in [3.63, 3.8) is 0 Å². The minimum absolute atomic E-state index is 0.0122. The number of aliphatic hydroxyl groups excluding tert-OH is 1. The molecule has 1 N–H and O–H groups in total. The van der Waals surface area contributed by atoms with Crippen LogP contribution >= 0.6 is 0 Å². The van der Waals surface area contributed by atoms with Crippen molar-refractivity contribution in [3.8, 4) is 0 Å². The van der Waals surface area contributed by atoms with Gasteiger partial charge in [-0.05, 0) is 19.9 Å². The molecule has 15 heavy (non-hydrogen) atoms. The van der Waals surface area contributed by atoms with Gasteiger partial charge in [0.25, 0.3) is 5.91 Å². The largest absolute Gasteiger partial charge is 0.395 e. The highest BCUT2D eigenvalue weighted by Crippen LogP contribution is 2.04. The van der Waals surface area contributed by atoms with Crippen LogP contribution in [0.5, 0.6) is 0 Å². The Morgan fingerprint density at radius 2 is 2.20 bits per heavy atom. The highest BCUT2D eigenvalue weighted by molar-refractivity contribution is 5.96. The summed E-state index contributed by atoms with van der Waals surface area (Å²) in [4.78, 5) is 13.5. The quantitative estimate of drug-likeness (QED) is 0.532. The van der Waals surface area contributed by atoms with Crippen molar-refractivity contribution in [1.29, 1.82) is 0 Å². The van der Waals surface area contributed by atoms with E-state index in [0.29, 0.717) is 18.7 Å². The Morgan fingerprint density at radius 1 is 1.53 bits per heavy atom. The van der Waals surface area contributed by atoms with Crippen LogP contribution in [0.25, 0.3) is 0 Å². The molecule has 0 spiro atoms. The fourth-order valence-electron chi connectivity index (χ4n) is 1.17. The first-order chi connectivity index (χ1) is 7.21. The van der Waals surface area contributed by atoms with Gasteiger partial charge in [0.1, 0.15) is 0 Å². The fraction of sp³-hybridized carbons (Fsp3) is 0.417. The Balaban J connectivity index is 4.62. The van der Waals surface area contributed by atoms with E-state index in [1.54, 1.807) is 29.2 Å². The molecular weight excluding hydrogens is 190 g/mol. The lowest BCUT2D eigenvalue weighted by atomic mass is 10.2. The van der Waals surface area contributed by atoms with Crippen LogP contribution < -0.4 is 0 Å². The van der Waals surface area contributed by atoms with Gasteiger partial charge in [-0.2, -0.15) is 0 Å². The van der Waals surface area contributed by atoms with Gasteiger partial charge in [-0.25, -0.2) is 0 Å². The third-order valence-corrected chi connectivity index (χ3v) is 2.01. The van der Waals surface area contributed by atoms with Gasteiger partial charge in [-0.15, -0.1) is 0 Å². The number of carbonyl (C=O) groups is 1. The van der Waals surface area contributed by atoms with Crippen LogP contribution in [0.15, 0.2) is 36.5 Å². The zero-order valence-electron chi connectivity index (χ0n) is 9.44. The Kier molecular flexibility index (Phi) is 7.28. The predicted molar refractivity (Wildman–Crippen MR) is 62.4 cm³/mol. The molecule has 0 aliphatic heterocycles. The van der Waals surface area contributed by atoms with E-state index in [1.807, 2.05) is 13.8 Å². The molecule has 0 fully saturated rings. The summed E-state index contributed by atoms with van der Waals surface area (Å²) in [6.07, 6.45) is 6.82. The number of amides is 1. The minimum Gasteiger partial charge on any atom is -0.395 e. The molecule has 0 saturated carbocycles. The molecule has 0 aromatic heterocycles. The maximum atomic E-state index is 11.9. The highest BCUT2D eigenvalue weighted by Gasteiger charge is 2.12. The lowest BCUT2D eigenvalue weighted by Gasteiger charge is -2.19. The zero-order valence-corrected chi connectivity index (χ0v) is 9.44. The minimum atomic E-state index is -0.0628. The van der Waals surface area contributed by atoms with Crippen LogP contribution in [-0.4, -0.2) is 35.6 Å². The first-order valence-corrected chi connectivity index (χ1v) is 5.06. The van der Waals surface area contributed by atoms with Crippen LogP contribution in [0.2, 0.25) is 0 Å². The monoisotopic (exact) mass is 209 g/mol. The van der Waals surface area contributed by atoms with Gasteiger partial charge < -0.3 is 10.0 Å². The standard InChI is InChI=1S/C12H19NO2/c1-4-7-8-11(5-2)12(15)13(6-3)9-10-14/h4-5,7-8,14H,1,6,9-10H2,2-3H3/b8-7-,11-5+. The van der Waals surface area contributed by atoms with Gasteiger partial charge in [-0.3, -0.25) is 4.79 Å². The van der Waals surface area contributed by atoms with E-state index in [-0.39, 0.29) is 12.5 Å². The first kappa shape index (κ1) is 13.7. The summed E-state index contributed by atoms with van der Waals surface area (Å²) in [5, 5.41) is 8.80. The maximum absolute atomic E-state index is 11.9. The molecule has 1 amide bonds. The van der Waals surface area contributed by atoms with Gasteiger partial charge in [0.05, 0.1) is 6.61 Å². The van der Waals surface area contributed by atoms with Gasteiger partial charge >= 0.3 is 0 Å². The number of aliphatic hydroxyl groups is 1. The third-order valence-electron chi connectivity index (χ3n) is 2.01. The van der Waals surface area contributed by atoms with E-state index in [2.05, 4.69) is 6.58 Å². The summed E-state index contributed by atoms with van der Waals surface area (Å²) in [7, 11) is 0. The predicted octanol–water partition coefficient (Wildman–Crippen LogP) is 1.52. The second kappa shape index (κ2) is 8.00. The van der Waals surface area contributed by atoms with Gasteiger partial charge in [-0.1, -0.05) is 24.8 Å². The molecule has 0 aromatic carbocycles. The van der Waals surface area contributed by atoms with Crippen LogP contribution in [0, 0.1) is 0 Å². The summed E-state index contributed by atoms with van der Waals surface area (Å²) >= 11 is 0. The summed E-state index contributed by atoms with van der Waals surface area (Å²) in [6.45, 7) is 8.20. The van der Waals surface area contributed by atoms with Crippen LogP contribution in [-0.2, 0) is 4.79 Å². The smallest absolute Gasteiger partial charge is 0.253 e. The van der Waals surface area contributed by atoms with Crippen molar-refractivity contribution in [2.75, 3.05) is 19.7 Å². The molecule has 3 heteroatoms. The molecule has 0 radical (unpaired) electrons. The molecule has 0 atom stereocenters. The number of likely N-dealkylation sites (N-methyl/N-ethyl adjacent to an activating group) is 1. The van der Waals surface area contributed by atoms with Crippen molar-refractivity contribution in [2.45, 2.75) is 13.8 Å². The summed E-state index contributed by atoms with van der Waals surface area (Å²) in [5.41, 5.74) is 0.616. The van der Waals surface area contributed by atoms with Gasteiger partial charge in [0.15, 0.2) is 0 Å². The summed E-state index contributed by atoms with van der Waals surface area (Å²) < 4.78 is 0. The lowest BCUT2D eigenvalue weighted by Crippen LogP contribution is -2.34. The van der Waals surface area contributed by atoms with Gasteiger partial charge in [0, 0.05) is 18.7 Å². The molecular formula is C12H19NO2. The second-order valence-corrected chi connectivity index (χ2v) is 2.95. The molecule has 0 aliphatic carbocycles. The van der Waals surface area contributed by atoms with E-state index >= 15 is 0 Å². The first-order valence-electron chi connectivity index (χ1n) is 5.06. The normalized spacial score (nSPS) is 11.8. The van der Waals surface area contributed by atoms with Crippen LogP contribution in [0.3, 0.4) is 0 Å². The van der Waals surface area contributed by atoms with Gasteiger partial charge in [0.2, 0.25) is 0 Å². The molecule has 0 aliphatic rings. The Bertz CT molecular complexity index is 267. The Morgan fingerprint density at radius 3 is 2.60 bits per heavy atom. The van der Waals surface area contributed by atoms with Crippen molar-refractivity contribution in [2.24, 2.45) is 0 Å². The number of allylic oxidation sites excluding steroid dienone is 3. The van der Waals surface area contributed by atoms with E-state index in [1.165, 1.54) is 0 Å². The molecule has 0 heterocycles. The topological polar surface area (TPSA) is 40.5 Å². The molecule has 0 saturated heterocycles. The third kappa shape index (κ3) is 4.61. The average molecular weight is 209 g/mol. The van der Waals surface area contributed by atoms with Crippen molar-refractivity contribution in [1.82, 2.24) is 4.90 Å². The van der Waals surface area contributed by atoms with Crippen molar-refractivity contribution < 1.29 is 9.90 Å². The van der Waals surface area contributed by atoms with E-state index in [4.69, 9.17) is 5.11 Å². The number of hydrogen-bond donors (Lipinski definition) is 1. The fourth-order valence-corrected chi connectivity index (χ4v) is 1.17. The number of nitrogens with zero attached hydrogens (tertiary/aromatic N) is 1. The number of hydrogen-bond acceptors (Lipinski definition) is 2. The van der Waals surface area contributed by atoms with Crippen LogP contribution in [0.1, 0.15) is 13.8 Å². The molecule has 0 unspecified atom stereocenters. The Hall–Kier alpha value is -1.35. The average Bonchev–Trinajstić information content (AvgIpc) is 2.26. The summed E-state index contributed by atoms with van der Waals surface area (Å²) in [5.74, 6) is -0.0628. The molecule has 0 aromatic rings. The van der Waals surface area contributed by atoms with Crippen LogP contribution in [0.4, 0.5) is 0 Å². The lowest BCUT2D eigenvalue weighted by molar-refractivity contribution is -0.127. The highest BCUT2D eigenvalue weighted by atomic mass is 16.3. The second-order valence-electron chi connectivity index (χ2n) is 2.95. The van der Waals surface area contributed by atoms with E-state index in [9.17, 15) is 4.79 Å². The summed E-state index contributed by atoms with van der Waals surface area (Å²) in [6, 6.07) is 0. The zero-order chi connectivity index (χ0) is 11.7. The number of carbonyl (C=O) groups excluding carboxylic acids is 1. The Labute approximate surface area is 91.4 Å².